The Morgan fingerprint density at radius 1 is 1.03 bits per heavy atom. The van der Waals surface area contributed by atoms with Gasteiger partial charge in [0.25, 0.3) is 15.9 Å². The van der Waals surface area contributed by atoms with E-state index in [1.807, 2.05) is 18.2 Å². The number of carboxylic acids is 1. The van der Waals surface area contributed by atoms with Crippen LogP contribution in [0.25, 0.3) is 11.1 Å². The minimum absolute atomic E-state index is 0.0447. The van der Waals surface area contributed by atoms with Gasteiger partial charge in [-0.2, -0.15) is 5.26 Å². The summed E-state index contributed by atoms with van der Waals surface area (Å²) in [6, 6.07) is 18.8. The van der Waals surface area contributed by atoms with E-state index in [1.54, 1.807) is 44.2 Å². The monoisotopic (exact) mass is 489 g/mol. The molecule has 35 heavy (non-hydrogen) atoms. The van der Waals surface area contributed by atoms with Crippen LogP contribution in [0.15, 0.2) is 71.6 Å². The first-order valence-corrected chi connectivity index (χ1v) is 12.4. The van der Waals surface area contributed by atoms with Gasteiger partial charge in [-0.1, -0.05) is 38.1 Å². The molecule has 0 saturated heterocycles. The van der Waals surface area contributed by atoms with Crippen LogP contribution in [0, 0.1) is 17.2 Å². The summed E-state index contributed by atoms with van der Waals surface area (Å²) in [4.78, 5) is 26.1. The fourth-order valence-corrected chi connectivity index (χ4v) is 5.22. The fourth-order valence-electron chi connectivity index (χ4n) is 4.16. The molecule has 9 heteroatoms. The Balaban J connectivity index is 1.54. The van der Waals surface area contributed by atoms with Crippen LogP contribution in [0.5, 0.6) is 0 Å². The van der Waals surface area contributed by atoms with Gasteiger partial charge < -0.3 is 10.0 Å². The number of hydrogen-bond donors (Lipinski definition) is 2. The van der Waals surface area contributed by atoms with Crippen molar-refractivity contribution in [1.29, 1.82) is 5.26 Å². The molecule has 0 aliphatic carbocycles. The average Bonchev–Trinajstić information content (AvgIpc) is 3.14. The van der Waals surface area contributed by atoms with Crippen LogP contribution in [0.4, 0.5) is 5.69 Å². The zero-order valence-electron chi connectivity index (χ0n) is 19.1. The van der Waals surface area contributed by atoms with Gasteiger partial charge in [0.15, 0.2) is 0 Å². The molecule has 178 valence electrons. The Hall–Kier alpha value is -4.16. The molecule has 3 aromatic rings. The molecule has 0 saturated carbocycles. The summed E-state index contributed by atoms with van der Waals surface area (Å²) in [5, 5.41) is 18.5. The van der Waals surface area contributed by atoms with Crippen molar-refractivity contribution in [2.45, 2.75) is 31.3 Å². The number of carbonyl (C=O) groups is 2. The van der Waals surface area contributed by atoms with Crippen molar-refractivity contribution in [3.63, 3.8) is 0 Å². The lowest BCUT2D eigenvalue weighted by Gasteiger charge is -2.27. The Morgan fingerprint density at radius 3 is 2.23 bits per heavy atom. The molecule has 0 spiro atoms. The minimum atomic E-state index is -3.82. The van der Waals surface area contributed by atoms with Gasteiger partial charge in [0, 0.05) is 17.8 Å². The Bertz CT molecular complexity index is 1440. The molecule has 3 aromatic carbocycles. The number of anilines is 1. The third-order valence-electron chi connectivity index (χ3n) is 5.93. The predicted molar refractivity (Wildman–Crippen MR) is 130 cm³/mol. The number of nitrogens with one attached hydrogen (secondary N) is 1. The number of rotatable bonds is 7. The van der Waals surface area contributed by atoms with Gasteiger partial charge >= 0.3 is 5.97 Å². The molecule has 0 bridgehead atoms. The van der Waals surface area contributed by atoms with Gasteiger partial charge in [-0.3, -0.25) is 9.52 Å². The van der Waals surface area contributed by atoms with E-state index in [2.05, 4.69) is 4.72 Å². The first-order chi connectivity index (χ1) is 16.6. The van der Waals surface area contributed by atoms with Gasteiger partial charge in [-0.25, -0.2) is 13.2 Å². The summed E-state index contributed by atoms with van der Waals surface area (Å²) < 4.78 is 27.8. The van der Waals surface area contributed by atoms with Crippen LogP contribution in [0.1, 0.15) is 35.3 Å². The smallest absolute Gasteiger partial charge is 0.326 e. The highest BCUT2D eigenvalue weighted by Crippen LogP contribution is 2.32. The summed E-state index contributed by atoms with van der Waals surface area (Å²) in [6.45, 7) is 3.80. The predicted octanol–water partition coefficient (Wildman–Crippen LogP) is 4.09. The number of carbonyl (C=O) groups excluding carboxylic acids is 1. The fraction of sp³-hybridized carbons (Fsp3) is 0.192. The van der Waals surface area contributed by atoms with Crippen molar-refractivity contribution in [2.75, 3.05) is 4.72 Å². The molecular weight excluding hydrogens is 466 g/mol. The molecule has 0 radical (unpaired) electrons. The average molecular weight is 490 g/mol. The van der Waals surface area contributed by atoms with Crippen molar-refractivity contribution < 1.29 is 23.1 Å². The van der Waals surface area contributed by atoms with Gasteiger partial charge in [-0.05, 0) is 65.1 Å². The van der Waals surface area contributed by atoms with Gasteiger partial charge in [0.2, 0.25) is 0 Å². The molecule has 1 atom stereocenters. The number of aliphatic carboxylic acids is 1. The van der Waals surface area contributed by atoms with Crippen molar-refractivity contribution in [3.8, 4) is 17.2 Å². The number of carboxylic acid groups (broad SMARTS) is 1. The lowest BCUT2D eigenvalue weighted by molar-refractivity contribution is -0.144. The molecule has 0 aromatic heterocycles. The highest BCUT2D eigenvalue weighted by molar-refractivity contribution is 7.92. The molecule has 1 aliphatic heterocycles. The van der Waals surface area contributed by atoms with Gasteiger partial charge in [0.1, 0.15) is 6.04 Å². The summed E-state index contributed by atoms with van der Waals surface area (Å²) in [7, 11) is -3.82. The maximum absolute atomic E-state index is 13.0. The zero-order chi connectivity index (χ0) is 25.3. The highest BCUT2D eigenvalue weighted by atomic mass is 32.2. The maximum atomic E-state index is 13.0. The van der Waals surface area contributed by atoms with E-state index in [-0.39, 0.29) is 23.3 Å². The SMILES string of the molecule is CC(C)C(C(=O)O)N1Cc2ccc(-c3ccc(NS(=O)(=O)c4ccc(C#N)cc4)cc3)cc2C1=O. The summed E-state index contributed by atoms with van der Waals surface area (Å²) in [6.07, 6.45) is 0. The second-order valence-electron chi connectivity index (χ2n) is 8.65. The number of fused-ring (bicyclic) bond motifs is 1. The second-order valence-corrected chi connectivity index (χ2v) is 10.3. The second kappa shape index (κ2) is 9.24. The Labute approximate surface area is 203 Å². The minimum Gasteiger partial charge on any atom is -0.480 e. The molecule has 1 unspecified atom stereocenters. The molecule has 1 amide bonds. The Morgan fingerprint density at radius 2 is 1.66 bits per heavy atom. The largest absolute Gasteiger partial charge is 0.480 e. The number of amides is 1. The first-order valence-electron chi connectivity index (χ1n) is 10.9. The van der Waals surface area contributed by atoms with E-state index in [9.17, 15) is 23.1 Å². The molecule has 8 nitrogen and oxygen atoms in total. The summed E-state index contributed by atoms with van der Waals surface area (Å²) in [5.41, 5.74) is 3.52. The molecule has 1 aliphatic rings. The third kappa shape index (κ3) is 4.74. The quantitative estimate of drug-likeness (QED) is 0.515. The summed E-state index contributed by atoms with van der Waals surface area (Å²) in [5.74, 6) is -1.57. The number of nitriles is 1. The van der Waals surface area contributed by atoms with Crippen LogP contribution in [-0.2, 0) is 21.4 Å². The molecule has 1 heterocycles. The highest BCUT2D eigenvalue weighted by Gasteiger charge is 2.38. The number of sulfonamides is 1. The van der Waals surface area contributed by atoms with Crippen LogP contribution >= 0.6 is 0 Å². The number of hydrogen-bond acceptors (Lipinski definition) is 5. The first kappa shape index (κ1) is 24.0. The van der Waals surface area contributed by atoms with Crippen LogP contribution in [-0.4, -0.2) is 36.3 Å². The van der Waals surface area contributed by atoms with Crippen LogP contribution in [0.2, 0.25) is 0 Å². The van der Waals surface area contributed by atoms with Crippen LogP contribution in [0.3, 0.4) is 0 Å². The van der Waals surface area contributed by atoms with E-state index in [1.165, 1.54) is 29.2 Å². The Kier molecular flexibility index (Phi) is 6.33. The van der Waals surface area contributed by atoms with E-state index < -0.39 is 22.0 Å². The van der Waals surface area contributed by atoms with Gasteiger partial charge in [0.05, 0.1) is 16.5 Å². The van der Waals surface area contributed by atoms with E-state index in [4.69, 9.17) is 5.26 Å². The van der Waals surface area contributed by atoms with E-state index in [0.29, 0.717) is 16.8 Å². The normalized spacial score (nSPS) is 13.9. The summed E-state index contributed by atoms with van der Waals surface area (Å²) >= 11 is 0. The molecule has 2 N–H and O–H groups in total. The maximum Gasteiger partial charge on any atom is 0.326 e. The zero-order valence-corrected chi connectivity index (χ0v) is 19.9. The lowest BCUT2D eigenvalue weighted by atomic mass is 10.0. The number of nitrogens with zero attached hydrogens (tertiary/aromatic N) is 2. The van der Waals surface area contributed by atoms with Crippen molar-refractivity contribution in [3.05, 3.63) is 83.4 Å². The molecule has 0 fully saturated rings. The van der Waals surface area contributed by atoms with E-state index in [0.717, 1.165) is 16.7 Å². The van der Waals surface area contributed by atoms with Crippen molar-refractivity contribution in [1.82, 2.24) is 4.90 Å². The topological polar surface area (TPSA) is 128 Å². The van der Waals surface area contributed by atoms with E-state index >= 15 is 0 Å². The van der Waals surface area contributed by atoms with Crippen molar-refractivity contribution in [2.24, 2.45) is 5.92 Å². The van der Waals surface area contributed by atoms with Gasteiger partial charge in [-0.15, -0.1) is 0 Å². The molecule has 4 rings (SSSR count). The number of benzene rings is 3. The lowest BCUT2D eigenvalue weighted by Crippen LogP contribution is -2.44. The van der Waals surface area contributed by atoms with Crippen LogP contribution < -0.4 is 4.72 Å². The van der Waals surface area contributed by atoms with Crippen molar-refractivity contribution >= 4 is 27.6 Å². The standard InChI is InChI=1S/C26H23N3O5S/c1-16(2)24(26(31)32)29-15-20-6-5-19(13-23(20)25(29)30)18-7-9-21(10-8-18)28-35(33,34)22-11-3-17(14-27)4-12-22/h3-13,16,24,28H,15H2,1-2H3,(H,31,32). The third-order valence-corrected chi connectivity index (χ3v) is 7.32. The molecular formula is C26H23N3O5S.